The number of benzene rings is 2. The van der Waals surface area contributed by atoms with E-state index in [1.807, 2.05) is 37.3 Å². The van der Waals surface area contributed by atoms with E-state index in [-0.39, 0.29) is 23.4 Å². The monoisotopic (exact) mass is 362 g/mol. The van der Waals surface area contributed by atoms with Crippen LogP contribution in [-0.4, -0.2) is 29.8 Å². The summed E-state index contributed by atoms with van der Waals surface area (Å²) in [7, 11) is 0. The first-order valence-corrected chi connectivity index (χ1v) is 8.35. The van der Waals surface area contributed by atoms with Crippen LogP contribution < -0.4 is 4.90 Å². The van der Waals surface area contributed by atoms with Gasteiger partial charge in [0.1, 0.15) is 12.4 Å². The van der Waals surface area contributed by atoms with Gasteiger partial charge in [-0.1, -0.05) is 41.9 Å². The number of hydrogen-bond acceptors (Lipinski definition) is 2. The molecule has 0 aliphatic heterocycles. The van der Waals surface area contributed by atoms with E-state index in [2.05, 4.69) is 0 Å². The van der Waals surface area contributed by atoms with Crippen LogP contribution in [0.15, 0.2) is 48.5 Å². The molecule has 2 rings (SSSR count). The first-order chi connectivity index (χ1) is 11.9. The standard InChI is InChI=1S/C19H20ClFN2O2/c1-3-22(12-15-7-5-4-6-8-15)19(25)13-23(14(2)24)16-9-10-18(21)17(20)11-16/h4-11H,3,12-13H2,1-2H3. The van der Waals surface area contributed by atoms with Crippen molar-refractivity contribution in [1.82, 2.24) is 4.90 Å². The summed E-state index contributed by atoms with van der Waals surface area (Å²) in [5.41, 5.74) is 1.40. The van der Waals surface area contributed by atoms with Crippen LogP contribution in [0.5, 0.6) is 0 Å². The van der Waals surface area contributed by atoms with Gasteiger partial charge >= 0.3 is 0 Å². The molecule has 0 atom stereocenters. The fraction of sp³-hybridized carbons (Fsp3) is 0.263. The summed E-state index contributed by atoms with van der Waals surface area (Å²) in [6.07, 6.45) is 0. The molecule has 6 heteroatoms. The number of nitrogens with zero attached hydrogens (tertiary/aromatic N) is 2. The average Bonchev–Trinajstić information content (AvgIpc) is 2.60. The Morgan fingerprint density at radius 1 is 1.12 bits per heavy atom. The van der Waals surface area contributed by atoms with Gasteiger partial charge < -0.3 is 9.80 Å². The highest BCUT2D eigenvalue weighted by molar-refractivity contribution is 6.31. The molecule has 0 spiro atoms. The lowest BCUT2D eigenvalue weighted by Crippen LogP contribution is -2.42. The molecule has 132 valence electrons. The summed E-state index contributed by atoms with van der Waals surface area (Å²) in [5.74, 6) is -1.08. The second-order valence-electron chi connectivity index (χ2n) is 5.60. The van der Waals surface area contributed by atoms with Gasteiger partial charge in [0.15, 0.2) is 0 Å². The summed E-state index contributed by atoms with van der Waals surface area (Å²) < 4.78 is 13.3. The van der Waals surface area contributed by atoms with E-state index in [9.17, 15) is 14.0 Å². The predicted octanol–water partition coefficient (Wildman–Crippen LogP) is 3.88. The second kappa shape index (κ2) is 8.62. The number of amides is 2. The summed E-state index contributed by atoms with van der Waals surface area (Å²) in [6, 6.07) is 13.6. The molecule has 0 aromatic heterocycles. The first-order valence-electron chi connectivity index (χ1n) is 7.97. The van der Waals surface area contributed by atoms with Gasteiger partial charge in [0.2, 0.25) is 11.8 Å². The van der Waals surface area contributed by atoms with Crippen molar-refractivity contribution in [2.24, 2.45) is 0 Å². The number of anilines is 1. The van der Waals surface area contributed by atoms with Crippen LogP contribution in [0.2, 0.25) is 5.02 Å². The van der Waals surface area contributed by atoms with E-state index < -0.39 is 5.82 Å². The average molecular weight is 363 g/mol. The molecule has 0 N–H and O–H groups in total. The number of carbonyl (C=O) groups is 2. The molecule has 0 unspecified atom stereocenters. The molecular formula is C19H20ClFN2O2. The van der Waals surface area contributed by atoms with Crippen molar-refractivity contribution < 1.29 is 14.0 Å². The lowest BCUT2D eigenvalue weighted by molar-refractivity contribution is -0.131. The van der Waals surface area contributed by atoms with E-state index in [0.29, 0.717) is 18.8 Å². The molecule has 2 aromatic carbocycles. The van der Waals surface area contributed by atoms with Gasteiger partial charge in [-0.05, 0) is 30.7 Å². The van der Waals surface area contributed by atoms with Gasteiger partial charge in [0.05, 0.1) is 5.02 Å². The van der Waals surface area contributed by atoms with Gasteiger partial charge in [-0.3, -0.25) is 9.59 Å². The number of hydrogen-bond donors (Lipinski definition) is 0. The van der Waals surface area contributed by atoms with Crippen molar-refractivity contribution >= 4 is 29.1 Å². The first kappa shape index (κ1) is 18.9. The van der Waals surface area contributed by atoms with Crippen LogP contribution in [0.25, 0.3) is 0 Å². The number of carbonyl (C=O) groups excluding carboxylic acids is 2. The van der Waals surface area contributed by atoms with Gasteiger partial charge in [-0.15, -0.1) is 0 Å². The lowest BCUT2D eigenvalue weighted by atomic mass is 10.2. The minimum absolute atomic E-state index is 0.0900. The summed E-state index contributed by atoms with van der Waals surface area (Å²) in [5, 5.41) is -0.0900. The quantitative estimate of drug-likeness (QED) is 0.782. The fourth-order valence-corrected chi connectivity index (χ4v) is 2.63. The Kier molecular flexibility index (Phi) is 6.53. The maximum absolute atomic E-state index is 13.3. The molecule has 2 amide bonds. The zero-order valence-electron chi connectivity index (χ0n) is 14.2. The molecule has 0 radical (unpaired) electrons. The van der Waals surface area contributed by atoms with Crippen LogP contribution in [0.1, 0.15) is 19.4 Å². The minimum atomic E-state index is -0.570. The minimum Gasteiger partial charge on any atom is -0.337 e. The SMILES string of the molecule is CCN(Cc1ccccc1)C(=O)CN(C(C)=O)c1ccc(F)c(Cl)c1. The molecule has 4 nitrogen and oxygen atoms in total. The number of halogens is 2. The van der Waals surface area contributed by atoms with Gasteiger partial charge in [0.25, 0.3) is 0 Å². The largest absolute Gasteiger partial charge is 0.337 e. The highest BCUT2D eigenvalue weighted by Gasteiger charge is 2.20. The van der Waals surface area contributed by atoms with E-state index in [0.717, 1.165) is 5.56 Å². The Morgan fingerprint density at radius 3 is 2.36 bits per heavy atom. The summed E-state index contributed by atoms with van der Waals surface area (Å²) in [6.45, 7) is 4.10. The smallest absolute Gasteiger partial charge is 0.242 e. The third-order valence-corrected chi connectivity index (χ3v) is 4.13. The zero-order valence-corrected chi connectivity index (χ0v) is 15.0. The maximum atomic E-state index is 13.3. The van der Waals surface area contributed by atoms with E-state index in [1.54, 1.807) is 4.90 Å². The molecule has 25 heavy (non-hydrogen) atoms. The molecule has 0 saturated heterocycles. The summed E-state index contributed by atoms with van der Waals surface area (Å²) >= 11 is 5.79. The Balaban J connectivity index is 2.15. The van der Waals surface area contributed by atoms with Crippen LogP contribution in [0, 0.1) is 5.82 Å². The van der Waals surface area contributed by atoms with Crippen LogP contribution >= 0.6 is 11.6 Å². The van der Waals surface area contributed by atoms with Crippen molar-refractivity contribution in [2.75, 3.05) is 18.0 Å². The van der Waals surface area contributed by atoms with Crippen LogP contribution in [-0.2, 0) is 16.1 Å². The van der Waals surface area contributed by atoms with Gasteiger partial charge in [-0.25, -0.2) is 4.39 Å². The van der Waals surface area contributed by atoms with Crippen LogP contribution in [0.3, 0.4) is 0 Å². The van der Waals surface area contributed by atoms with E-state index in [4.69, 9.17) is 11.6 Å². The normalized spacial score (nSPS) is 10.4. The van der Waals surface area contributed by atoms with Crippen molar-refractivity contribution in [2.45, 2.75) is 20.4 Å². The highest BCUT2D eigenvalue weighted by atomic mass is 35.5. The molecule has 0 saturated carbocycles. The van der Waals surface area contributed by atoms with Gasteiger partial charge in [0, 0.05) is 25.7 Å². The highest BCUT2D eigenvalue weighted by Crippen LogP contribution is 2.23. The Bertz CT molecular complexity index is 752. The lowest BCUT2D eigenvalue weighted by Gasteiger charge is -2.26. The van der Waals surface area contributed by atoms with E-state index in [1.165, 1.54) is 30.0 Å². The molecule has 2 aromatic rings. The zero-order chi connectivity index (χ0) is 18.4. The van der Waals surface area contributed by atoms with Crippen molar-refractivity contribution in [3.05, 3.63) is 64.9 Å². The molecular weight excluding hydrogens is 343 g/mol. The topological polar surface area (TPSA) is 40.6 Å². The Morgan fingerprint density at radius 2 is 1.80 bits per heavy atom. The van der Waals surface area contributed by atoms with Crippen LogP contribution in [0.4, 0.5) is 10.1 Å². The van der Waals surface area contributed by atoms with E-state index >= 15 is 0 Å². The molecule has 0 fully saturated rings. The Labute approximate surface area is 151 Å². The molecule has 0 bridgehead atoms. The third kappa shape index (κ3) is 5.03. The fourth-order valence-electron chi connectivity index (χ4n) is 2.45. The van der Waals surface area contributed by atoms with Crippen molar-refractivity contribution in [3.8, 4) is 0 Å². The Hall–Kier alpha value is -2.40. The molecule has 0 aliphatic carbocycles. The third-order valence-electron chi connectivity index (χ3n) is 3.84. The van der Waals surface area contributed by atoms with Crippen molar-refractivity contribution in [3.63, 3.8) is 0 Å². The molecule has 0 aliphatic rings. The maximum Gasteiger partial charge on any atom is 0.242 e. The second-order valence-corrected chi connectivity index (χ2v) is 6.00. The van der Waals surface area contributed by atoms with Crippen molar-refractivity contribution in [1.29, 1.82) is 0 Å². The predicted molar refractivity (Wildman–Crippen MR) is 97.0 cm³/mol. The number of rotatable bonds is 6. The summed E-state index contributed by atoms with van der Waals surface area (Å²) in [4.78, 5) is 27.6. The molecule has 0 heterocycles. The van der Waals surface area contributed by atoms with Gasteiger partial charge in [-0.2, -0.15) is 0 Å². The number of likely N-dealkylation sites (N-methyl/N-ethyl adjacent to an activating group) is 1.